The van der Waals surface area contributed by atoms with Crippen LogP contribution in [-0.2, 0) is 0 Å². The van der Waals surface area contributed by atoms with Gasteiger partial charge in [0.2, 0.25) is 0 Å². The van der Waals surface area contributed by atoms with Crippen molar-refractivity contribution in [2.24, 2.45) is 0 Å². The number of benzene rings is 2. The van der Waals surface area contributed by atoms with E-state index in [9.17, 15) is 5.11 Å². The molecule has 0 aromatic heterocycles. The van der Waals surface area contributed by atoms with Gasteiger partial charge in [0.15, 0.2) is 5.75 Å². The van der Waals surface area contributed by atoms with Crippen molar-refractivity contribution in [2.45, 2.75) is 0 Å². The summed E-state index contributed by atoms with van der Waals surface area (Å²) >= 11 is 5.80. The van der Waals surface area contributed by atoms with Crippen molar-refractivity contribution in [1.29, 1.82) is 0 Å². The van der Waals surface area contributed by atoms with E-state index in [2.05, 4.69) is 4.65 Å². The number of fused-ring (bicyclic) bond motifs is 1. The fraction of sp³-hybridized carbons (Fsp3) is 0. The first-order valence-electron chi connectivity index (χ1n) is 4.52. The van der Waals surface area contributed by atoms with Gasteiger partial charge in [-0.2, -0.15) is 0 Å². The Morgan fingerprint density at radius 2 is 1.81 bits per heavy atom. The summed E-state index contributed by atoms with van der Waals surface area (Å²) in [6, 6.07) is 8.15. The number of rotatable bonds is 2. The fourth-order valence-electron chi connectivity index (χ4n) is 1.46. The third kappa shape index (κ3) is 2.06. The molecule has 0 aliphatic heterocycles. The Bertz CT molecular complexity index is 529. The molecule has 0 amide bonds. The van der Waals surface area contributed by atoms with Crippen molar-refractivity contribution >= 4 is 29.7 Å². The van der Waals surface area contributed by atoms with Crippen LogP contribution in [0.25, 0.3) is 10.8 Å². The van der Waals surface area contributed by atoms with Crippen LogP contribution >= 0.6 is 11.6 Å². The van der Waals surface area contributed by atoms with Gasteiger partial charge in [-0.05, 0) is 23.6 Å². The SMILES string of the molecule is OB(O)Oc1ccc2ccc(Cl)cc2c1O. The van der Waals surface area contributed by atoms with Crippen LogP contribution in [0.2, 0.25) is 5.02 Å². The highest BCUT2D eigenvalue weighted by Crippen LogP contribution is 2.35. The molecule has 0 atom stereocenters. The Kier molecular flexibility index (Phi) is 2.91. The molecule has 6 heteroatoms. The Hall–Kier alpha value is -1.43. The molecule has 0 fully saturated rings. The smallest absolute Gasteiger partial charge is 0.509 e. The summed E-state index contributed by atoms with van der Waals surface area (Å²) in [5.41, 5.74) is 0. The summed E-state index contributed by atoms with van der Waals surface area (Å²) in [5, 5.41) is 28.9. The van der Waals surface area contributed by atoms with Crippen molar-refractivity contribution in [2.75, 3.05) is 0 Å². The van der Waals surface area contributed by atoms with E-state index in [1.807, 2.05) is 0 Å². The second kappa shape index (κ2) is 4.21. The Balaban J connectivity index is 2.58. The van der Waals surface area contributed by atoms with Crippen LogP contribution in [0.1, 0.15) is 0 Å². The molecule has 0 heterocycles. The van der Waals surface area contributed by atoms with E-state index in [-0.39, 0.29) is 11.5 Å². The highest BCUT2D eigenvalue weighted by Gasteiger charge is 2.15. The van der Waals surface area contributed by atoms with Crippen LogP contribution in [0.4, 0.5) is 0 Å². The van der Waals surface area contributed by atoms with Gasteiger partial charge in [-0.15, -0.1) is 0 Å². The third-order valence-corrected chi connectivity index (χ3v) is 2.39. The minimum absolute atomic E-state index is 0.00948. The second-order valence-corrected chi connectivity index (χ2v) is 3.66. The average molecular weight is 238 g/mol. The molecule has 0 aliphatic carbocycles. The lowest BCUT2D eigenvalue weighted by atomic mass is 10.1. The van der Waals surface area contributed by atoms with Gasteiger partial charge in [0.1, 0.15) is 5.75 Å². The molecular weight excluding hydrogens is 230 g/mol. The van der Waals surface area contributed by atoms with Gasteiger partial charge < -0.3 is 19.8 Å². The van der Waals surface area contributed by atoms with E-state index in [1.165, 1.54) is 6.07 Å². The number of halogens is 1. The number of hydrogen-bond donors (Lipinski definition) is 3. The summed E-state index contributed by atoms with van der Waals surface area (Å²) in [7, 11) is -1.97. The molecule has 0 saturated carbocycles. The van der Waals surface area contributed by atoms with Gasteiger partial charge in [-0.1, -0.05) is 23.7 Å². The predicted molar refractivity (Wildman–Crippen MR) is 61.4 cm³/mol. The van der Waals surface area contributed by atoms with Gasteiger partial charge in [0, 0.05) is 10.4 Å². The highest BCUT2D eigenvalue weighted by molar-refractivity contribution is 6.34. The lowest BCUT2D eigenvalue weighted by Gasteiger charge is -2.09. The molecule has 3 N–H and O–H groups in total. The minimum atomic E-state index is -1.97. The summed E-state index contributed by atoms with van der Waals surface area (Å²) in [5.74, 6) is -0.183. The zero-order valence-corrected chi connectivity index (χ0v) is 8.85. The maximum absolute atomic E-state index is 9.82. The Morgan fingerprint density at radius 3 is 2.50 bits per heavy atom. The zero-order valence-electron chi connectivity index (χ0n) is 8.09. The van der Waals surface area contributed by atoms with Crippen molar-refractivity contribution in [3.63, 3.8) is 0 Å². The van der Waals surface area contributed by atoms with E-state index in [4.69, 9.17) is 21.6 Å². The normalized spacial score (nSPS) is 10.4. The molecule has 4 nitrogen and oxygen atoms in total. The second-order valence-electron chi connectivity index (χ2n) is 3.22. The average Bonchev–Trinajstić information content (AvgIpc) is 2.22. The molecule has 2 aromatic rings. The third-order valence-electron chi connectivity index (χ3n) is 2.15. The van der Waals surface area contributed by atoms with Gasteiger partial charge in [0.05, 0.1) is 0 Å². The summed E-state index contributed by atoms with van der Waals surface area (Å²) in [4.78, 5) is 0. The van der Waals surface area contributed by atoms with E-state index >= 15 is 0 Å². The van der Waals surface area contributed by atoms with E-state index < -0.39 is 7.32 Å². The van der Waals surface area contributed by atoms with Crippen LogP contribution in [-0.4, -0.2) is 22.5 Å². The van der Waals surface area contributed by atoms with Crippen LogP contribution < -0.4 is 4.65 Å². The quantitative estimate of drug-likeness (QED) is 0.694. The molecular formula is C10H8BClO4. The van der Waals surface area contributed by atoms with Crippen LogP contribution in [0.15, 0.2) is 30.3 Å². The number of hydrogen-bond acceptors (Lipinski definition) is 4. The van der Waals surface area contributed by atoms with Gasteiger partial charge in [0.25, 0.3) is 0 Å². The maximum atomic E-state index is 9.82. The first-order valence-corrected chi connectivity index (χ1v) is 4.90. The largest absolute Gasteiger partial charge is 0.707 e. The molecule has 16 heavy (non-hydrogen) atoms. The van der Waals surface area contributed by atoms with Crippen molar-refractivity contribution in [3.05, 3.63) is 35.4 Å². The van der Waals surface area contributed by atoms with Crippen molar-refractivity contribution in [1.82, 2.24) is 0 Å². The zero-order chi connectivity index (χ0) is 11.7. The van der Waals surface area contributed by atoms with E-state index in [1.54, 1.807) is 24.3 Å². The first kappa shape index (κ1) is 11.1. The molecule has 0 unspecified atom stereocenters. The number of phenolic OH excluding ortho intramolecular Hbond substituents is 1. The fourth-order valence-corrected chi connectivity index (χ4v) is 1.64. The molecule has 0 saturated heterocycles. The standard InChI is InChI=1S/C10H8BClO4/c12-7-3-1-6-2-4-9(16-11(14)15)10(13)8(6)5-7/h1-5,13-15H. The van der Waals surface area contributed by atoms with E-state index in [0.717, 1.165) is 5.39 Å². The monoisotopic (exact) mass is 238 g/mol. The van der Waals surface area contributed by atoms with Gasteiger partial charge in [-0.3, -0.25) is 0 Å². The molecule has 2 aromatic carbocycles. The molecule has 0 spiro atoms. The Labute approximate surface area is 96.8 Å². The van der Waals surface area contributed by atoms with Crippen molar-refractivity contribution in [3.8, 4) is 11.5 Å². The van der Waals surface area contributed by atoms with E-state index in [0.29, 0.717) is 10.4 Å². The number of aromatic hydroxyl groups is 1. The molecule has 2 rings (SSSR count). The summed E-state index contributed by atoms with van der Waals surface area (Å²) < 4.78 is 4.61. The highest BCUT2D eigenvalue weighted by atomic mass is 35.5. The topological polar surface area (TPSA) is 69.9 Å². The predicted octanol–water partition coefficient (Wildman–Crippen LogP) is 1.55. The Morgan fingerprint density at radius 1 is 1.12 bits per heavy atom. The summed E-state index contributed by atoms with van der Waals surface area (Å²) in [6.07, 6.45) is 0. The van der Waals surface area contributed by atoms with Crippen LogP contribution in [0.3, 0.4) is 0 Å². The van der Waals surface area contributed by atoms with Crippen molar-refractivity contribution < 1.29 is 19.8 Å². The first-order chi connectivity index (χ1) is 7.58. The maximum Gasteiger partial charge on any atom is 0.707 e. The summed E-state index contributed by atoms with van der Waals surface area (Å²) in [6.45, 7) is 0. The van der Waals surface area contributed by atoms with Gasteiger partial charge in [-0.25, -0.2) is 0 Å². The minimum Gasteiger partial charge on any atom is -0.509 e. The molecule has 0 radical (unpaired) electrons. The van der Waals surface area contributed by atoms with Crippen LogP contribution in [0, 0.1) is 0 Å². The number of phenols is 1. The molecule has 0 aliphatic rings. The van der Waals surface area contributed by atoms with Gasteiger partial charge >= 0.3 is 7.32 Å². The van der Waals surface area contributed by atoms with Crippen LogP contribution in [0.5, 0.6) is 11.5 Å². The lowest BCUT2D eigenvalue weighted by molar-refractivity contribution is 0.282. The lowest BCUT2D eigenvalue weighted by Crippen LogP contribution is -2.20. The molecule has 82 valence electrons. The molecule has 0 bridgehead atoms.